The van der Waals surface area contributed by atoms with Crippen LogP contribution in [0.4, 0.5) is 0 Å². The van der Waals surface area contributed by atoms with Crippen molar-refractivity contribution >= 4 is 5.78 Å². The molecule has 6 nitrogen and oxygen atoms in total. The molecule has 0 aliphatic carbocycles. The Kier molecular flexibility index (Phi) is 4.95. The number of carbonyl (C=O) groups is 1. The van der Waals surface area contributed by atoms with Crippen molar-refractivity contribution < 1.29 is 25.2 Å². The van der Waals surface area contributed by atoms with Crippen LogP contribution in [0.1, 0.15) is 0 Å². The highest BCUT2D eigenvalue weighted by molar-refractivity contribution is 5.87. The summed E-state index contributed by atoms with van der Waals surface area (Å²) >= 11 is 0. The van der Waals surface area contributed by atoms with Gasteiger partial charge in [0.2, 0.25) is 0 Å². The molecule has 0 amide bonds. The van der Waals surface area contributed by atoms with Gasteiger partial charge in [-0.25, -0.2) is 0 Å². The third-order valence-electron chi connectivity index (χ3n) is 1.39. The average molecular weight is 179 g/mol. The number of nitrogens with two attached hydrogens (primary N) is 1. The highest BCUT2D eigenvalue weighted by Gasteiger charge is 2.27. The number of aliphatic hydroxyl groups is 4. The Morgan fingerprint density at radius 3 is 2.17 bits per heavy atom. The van der Waals surface area contributed by atoms with E-state index in [-0.39, 0.29) is 6.54 Å². The Morgan fingerprint density at radius 2 is 1.83 bits per heavy atom. The number of ketones is 1. The smallest absolute Gasteiger partial charge is 0.193 e. The van der Waals surface area contributed by atoms with Crippen LogP contribution in [-0.2, 0) is 4.79 Å². The van der Waals surface area contributed by atoms with Crippen molar-refractivity contribution in [1.29, 1.82) is 0 Å². The second-order valence-electron chi connectivity index (χ2n) is 2.35. The van der Waals surface area contributed by atoms with Crippen LogP contribution in [0.2, 0.25) is 0 Å². The fourth-order valence-electron chi connectivity index (χ4n) is 0.603. The van der Waals surface area contributed by atoms with Crippen LogP contribution < -0.4 is 5.73 Å². The second-order valence-corrected chi connectivity index (χ2v) is 2.35. The lowest BCUT2D eigenvalue weighted by molar-refractivity contribution is -0.142. The molecule has 0 saturated carbocycles. The third kappa shape index (κ3) is 2.84. The number of rotatable bonds is 5. The van der Waals surface area contributed by atoms with E-state index in [9.17, 15) is 4.79 Å². The van der Waals surface area contributed by atoms with Gasteiger partial charge in [0.15, 0.2) is 5.78 Å². The maximum absolute atomic E-state index is 10.8. The Balaban J connectivity index is 4.09. The lowest BCUT2D eigenvalue weighted by Gasteiger charge is -2.16. The molecule has 0 aliphatic rings. The van der Waals surface area contributed by atoms with Gasteiger partial charge in [0.05, 0.1) is 6.61 Å². The zero-order valence-corrected chi connectivity index (χ0v) is 6.42. The summed E-state index contributed by atoms with van der Waals surface area (Å²) in [6.45, 7) is -1.07. The van der Waals surface area contributed by atoms with Gasteiger partial charge in [-0.05, 0) is 0 Å². The monoisotopic (exact) mass is 179 g/mol. The predicted octanol–water partition coefficient (Wildman–Crippen LogP) is -3.41. The number of hydrogen-bond donors (Lipinski definition) is 5. The molecule has 0 bridgehead atoms. The highest BCUT2D eigenvalue weighted by atomic mass is 16.4. The molecule has 0 fully saturated rings. The zero-order valence-electron chi connectivity index (χ0n) is 6.42. The first-order valence-corrected chi connectivity index (χ1v) is 3.43. The number of Topliss-reactive ketones (excluding diaryl/α,β-unsaturated/α-hetero) is 1. The van der Waals surface area contributed by atoms with Gasteiger partial charge in [-0.15, -0.1) is 0 Å². The topological polar surface area (TPSA) is 124 Å². The minimum absolute atomic E-state index is 0.325. The average Bonchev–Trinajstić information content (AvgIpc) is 2.12. The highest BCUT2D eigenvalue weighted by Crippen LogP contribution is 1.97. The molecule has 3 atom stereocenters. The molecule has 0 heterocycles. The van der Waals surface area contributed by atoms with E-state index in [2.05, 4.69) is 0 Å². The molecule has 6 N–H and O–H groups in total. The summed E-state index contributed by atoms with van der Waals surface area (Å²) in [6, 6.07) is 0. The molecule has 0 aromatic carbocycles. The number of carbonyl (C=O) groups excluding carboxylic acids is 1. The van der Waals surface area contributed by atoms with Gasteiger partial charge in [-0.3, -0.25) is 4.79 Å². The molecule has 0 radical (unpaired) electrons. The summed E-state index contributed by atoms with van der Waals surface area (Å²) in [4.78, 5) is 10.8. The quantitative estimate of drug-likeness (QED) is 0.299. The van der Waals surface area contributed by atoms with Gasteiger partial charge in [0, 0.05) is 6.54 Å². The summed E-state index contributed by atoms with van der Waals surface area (Å²) in [5, 5.41) is 34.8. The lowest BCUT2D eigenvalue weighted by atomic mass is 10.1. The van der Waals surface area contributed by atoms with E-state index in [0.29, 0.717) is 0 Å². The van der Waals surface area contributed by atoms with Crippen LogP contribution in [0.25, 0.3) is 0 Å². The van der Waals surface area contributed by atoms with Crippen molar-refractivity contribution in [2.75, 3.05) is 13.2 Å². The predicted molar refractivity (Wildman–Crippen MR) is 39.2 cm³/mol. The Morgan fingerprint density at radius 1 is 1.33 bits per heavy atom. The summed E-state index contributed by atoms with van der Waals surface area (Å²) in [5.74, 6) is -0.987. The minimum Gasteiger partial charge on any atom is -0.394 e. The van der Waals surface area contributed by atoms with E-state index in [1.807, 2.05) is 0 Å². The van der Waals surface area contributed by atoms with Crippen LogP contribution in [0.15, 0.2) is 0 Å². The van der Waals surface area contributed by atoms with Gasteiger partial charge < -0.3 is 26.2 Å². The van der Waals surface area contributed by atoms with Gasteiger partial charge in [-0.2, -0.15) is 0 Å². The fourth-order valence-corrected chi connectivity index (χ4v) is 0.603. The standard InChI is InChI=1S/C6H13NO5/c7-1-3(9)5(11)6(12)4(10)2-8/h3-4,6,8-10,12H,1-2,7H2/t3-,4+,6-/m1/s1. The van der Waals surface area contributed by atoms with E-state index < -0.39 is 30.7 Å². The summed E-state index contributed by atoms with van der Waals surface area (Å²) < 4.78 is 0. The third-order valence-corrected chi connectivity index (χ3v) is 1.39. The second kappa shape index (κ2) is 5.18. The Labute approximate surface area is 69.2 Å². The summed E-state index contributed by atoms with van der Waals surface area (Å²) in [7, 11) is 0. The van der Waals surface area contributed by atoms with Crippen LogP contribution in [0.5, 0.6) is 0 Å². The van der Waals surface area contributed by atoms with Gasteiger partial charge in [-0.1, -0.05) is 0 Å². The molecule has 0 rings (SSSR count). The molecule has 0 aromatic heterocycles. The number of hydrogen-bond acceptors (Lipinski definition) is 6. The normalized spacial score (nSPS) is 18.4. The zero-order chi connectivity index (χ0) is 9.72. The molecule has 0 aromatic rings. The Bertz CT molecular complexity index is 151. The summed E-state index contributed by atoms with van der Waals surface area (Å²) in [6.07, 6.45) is -4.85. The molecule has 72 valence electrons. The first-order valence-electron chi connectivity index (χ1n) is 3.43. The van der Waals surface area contributed by atoms with Crippen molar-refractivity contribution in [2.24, 2.45) is 5.73 Å². The van der Waals surface area contributed by atoms with Crippen molar-refractivity contribution in [2.45, 2.75) is 18.3 Å². The Hall–Kier alpha value is -0.530. The van der Waals surface area contributed by atoms with E-state index in [1.54, 1.807) is 0 Å². The largest absolute Gasteiger partial charge is 0.394 e. The van der Waals surface area contributed by atoms with Gasteiger partial charge in [0.1, 0.15) is 18.3 Å². The van der Waals surface area contributed by atoms with Gasteiger partial charge in [0.25, 0.3) is 0 Å². The van der Waals surface area contributed by atoms with Crippen molar-refractivity contribution in [3.8, 4) is 0 Å². The van der Waals surface area contributed by atoms with Crippen molar-refractivity contribution in [3.63, 3.8) is 0 Å². The SMILES string of the molecule is NC[C@@H](O)C(=O)[C@H](O)[C@@H](O)CO. The molecule has 0 spiro atoms. The van der Waals surface area contributed by atoms with E-state index in [0.717, 1.165) is 0 Å². The number of aliphatic hydroxyl groups excluding tert-OH is 4. The first kappa shape index (κ1) is 11.5. The fraction of sp³-hybridized carbons (Fsp3) is 0.833. The van der Waals surface area contributed by atoms with Crippen LogP contribution in [-0.4, -0.2) is 57.7 Å². The van der Waals surface area contributed by atoms with Crippen molar-refractivity contribution in [3.05, 3.63) is 0 Å². The first-order chi connectivity index (χ1) is 5.54. The molecule has 0 saturated heterocycles. The summed E-state index contributed by atoms with van der Waals surface area (Å²) in [5.41, 5.74) is 4.93. The van der Waals surface area contributed by atoms with Crippen LogP contribution in [0.3, 0.4) is 0 Å². The molecular weight excluding hydrogens is 166 g/mol. The molecule has 0 aliphatic heterocycles. The maximum atomic E-state index is 10.8. The van der Waals surface area contributed by atoms with E-state index >= 15 is 0 Å². The maximum Gasteiger partial charge on any atom is 0.193 e. The minimum atomic E-state index is -1.78. The van der Waals surface area contributed by atoms with E-state index in [4.69, 9.17) is 26.2 Å². The molecule has 0 unspecified atom stereocenters. The van der Waals surface area contributed by atoms with Gasteiger partial charge >= 0.3 is 0 Å². The van der Waals surface area contributed by atoms with Crippen LogP contribution in [0, 0.1) is 0 Å². The molecular formula is C6H13NO5. The molecule has 12 heavy (non-hydrogen) atoms. The van der Waals surface area contributed by atoms with Crippen molar-refractivity contribution in [1.82, 2.24) is 0 Å². The lowest BCUT2D eigenvalue weighted by Crippen LogP contribution is -2.44. The molecule has 6 heteroatoms. The van der Waals surface area contributed by atoms with E-state index in [1.165, 1.54) is 0 Å². The van der Waals surface area contributed by atoms with Crippen LogP contribution >= 0.6 is 0 Å².